The van der Waals surface area contributed by atoms with Gasteiger partial charge >= 0.3 is 0 Å². The molecule has 2 aliphatic rings. The lowest BCUT2D eigenvalue weighted by atomic mass is 9.93. The van der Waals surface area contributed by atoms with E-state index in [0.717, 1.165) is 30.4 Å². The lowest BCUT2D eigenvalue weighted by Gasteiger charge is -2.39. The summed E-state index contributed by atoms with van der Waals surface area (Å²) in [6.07, 6.45) is 5.77. The van der Waals surface area contributed by atoms with Crippen LogP contribution >= 0.6 is 27.5 Å². The molecule has 5 heteroatoms. The lowest BCUT2D eigenvalue weighted by molar-refractivity contribution is 0.0564. The predicted octanol–water partition coefficient (Wildman–Crippen LogP) is 3.85. The molecule has 2 unspecified atom stereocenters. The summed E-state index contributed by atoms with van der Waals surface area (Å²) in [6.45, 7) is 1.91. The number of hydrogen-bond acceptors (Lipinski definition) is 2. The summed E-state index contributed by atoms with van der Waals surface area (Å²) in [6, 6.07) is 6.26. The highest BCUT2D eigenvalue weighted by Crippen LogP contribution is 2.28. The fraction of sp³-hybridized carbons (Fsp3) is 0.562. The normalized spacial score (nSPS) is 26.1. The Balaban J connectivity index is 1.83. The lowest BCUT2D eigenvalue weighted by Crippen LogP contribution is -2.52. The molecule has 0 aromatic heterocycles. The van der Waals surface area contributed by atoms with Gasteiger partial charge in [0.25, 0.3) is 5.91 Å². The molecule has 0 radical (unpaired) electrons. The third kappa shape index (κ3) is 3.27. The van der Waals surface area contributed by atoms with Gasteiger partial charge in [-0.2, -0.15) is 0 Å². The zero-order valence-corrected chi connectivity index (χ0v) is 14.3. The van der Waals surface area contributed by atoms with E-state index in [0.29, 0.717) is 22.7 Å². The predicted molar refractivity (Wildman–Crippen MR) is 88.9 cm³/mol. The molecule has 2 heterocycles. The summed E-state index contributed by atoms with van der Waals surface area (Å²) in [5, 5.41) is 4.08. The highest BCUT2D eigenvalue weighted by molar-refractivity contribution is 9.10. The second-order valence-corrected chi connectivity index (χ2v) is 7.21. The van der Waals surface area contributed by atoms with Gasteiger partial charge in [0, 0.05) is 23.1 Å². The van der Waals surface area contributed by atoms with Crippen LogP contribution in [-0.4, -0.2) is 36.0 Å². The molecule has 0 bridgehead atoms. The molecule has 3 rings (SSSR count). The summed E-state index contributed by atoms with van der Waals surface area (Å²) in [5.74, 6) is 0.0749. The van der Waals surface area contributed by atoms with Gasteiger partial charge in [0.05, 0.1) is 10.6 Å². The molecule has 1 N–H and O–H groups in total. The smallest absolute Gasteiger partial charge is 0.255 e. The van der Waals surface area contributed by atoms with E-state index in [-0.39, 0.29) is 5.91 Å². The summed E-state index contributed by atoms with van der Waals surface area (Å²) in [5.41, 5.74) is 0.616. The Morgan fingerprint density at radius 3 is 2.86 bits per heavy atom. The van der Waals surface area contributed by atoms with Gasteiger partial charge in [-0.1, -0.05) is 27.5 Å². The Kier molecular flexibility index (Phi) is 4.87. The Morgan fingerprint density at radius 2 is 2.14 bits per heavy atom. The molecule has 1 aromatic rings. The van der Waals surface area contributed by atoms with Crippen LogP contribution in [0.15, 0.2) is 22.7 Å². The molecule has 0 spiro atoms. The first-order valence-electron chi connectivity index (χ1n) is 7.66. The Morgan fingerprint density at radius 1 is 1.29 bits per heavy atom. The van der Waals surface area contributed by atoms with Gasteiger partial charge < -0.3 is 10.2 Å². The molecule has 0 aliphatic carbocycles. The Bertz CT molecular complexity index is 531. The van der Waals surface area contributed by atoms with E-state index < -0.39 is 0 Å². The van der Waals surface area contributed by atoms with Gasteiger partial charge in [0.15, 0.2) is 0 Å². The van der Waals surface area contributed by atoms with Gasteiger partial charge in [0.2, 0.25) is 0 Å². The number of carbonyl (C=O) groups is 1. The minimum Gasteiger partial charge on any atom is -0.334 e. The molecule has 114 valence electrons. The van der Waals surface area contributed by atoms with Crippen LogP contribution in [0, 0.1) is 0 Å². The molecule has 2 fully saturated rings. The van der Waals surface area contributed by atoms with Crippen molar-refractivity contribution in [3.05, 3.63) is 33.3 Å². The van der Waals surface area contributed by atoms with E-state index >= 15 is 0 Å². The second-order valence-electron chi connectivity index (χ2n) is 5.89. The van der Waals surface area contributed by atoms with Crippen LogP contribution in [0.1, 0.15) is 42.5 Å². The van der Waals surface area contributed by atoms with E-state index in [1.165, 1.54) is 19.3 Å². The minimum atomic E-state index is 0.0749. The van der Waals surface area contributed by atoms with Crippen molar-refractivity contribution in [3.8, 4) is 0 Å². The molecule has 3 nitrogen and oxygen atoms in total. The van der Waals surface area contributed by atoms with Crippen molar-refractivity contribution in [2.45, 2.75) is 44.2 Å². The fourth-order valence-corrected chi connectivity index (χ4v) is 4.24. The Hall–Kier alpha value is -0.580. The van der Waals surface area contributed by atoms with Crippen LogP contribution in [0.5, 0.6) is 0 Å². The molecule has 21 heavy (non-hydrogen) atoms. The maximum atomic E-state index is 12.9. The van der Waals surface area contributed by atoms with E-state index in [2.05, 4.69) is 21.2 Å². The quantitative estimate of drug-likeness (QED) is 0.856. The van der Waals surface area contributed by atoms with E-state index in [1.807, 2.05) is 17.0 Å². The number of halogens is 2. The highest BCUT2D eigenvalue weighted by Gasteiger charge is 2.35. The zero-order valence-electron chi connectivity index (χ0n) is 11.9. The molecule has 1 aromatic carbocycles. The van der Waals surface area contributed by atoms with Crippen molar-refractivity contribution in [2.24, 2.45) is 0 Å². The molecule has 2 saturated heterocycles. The number of nitrogens with one attached hydrogen (secondary N) is 1. The summed E-state index contributed by atoms with van der Waals surface area (Å²) in [7, 11) is 0. The zero-order chi connectivity index (χ0) is 14.8. The molecule has 2 aliphatic heterocycles. The van der Waals surface area contributed by atoms with Crippen LogP contribution in [0.3, 0.4) is 0 Å². The number of amides is 1. The van der Waals surface area contributed by atoms with E-state index in [1.54, 1.807) is 6.07 Å². The van der Waals surface area contributed by atoms with E-state index in [9.17, 15) is 4.79 Å². The number of hydrogen-bond donors (Lipinski definition) is 1. The van der Waals surface area contributed by atoms with Gasteiger partial charge in [-0.15, -0.1) is 0 Å². The monoisotopic (exact) mass is 370 g/mol. The summed E-state index contributed by atoms with van der Waals surface area (Å²) >= 11 is 9.65. The molecule has 1 amide bonds. The molecular weight excluding hydrogens is 352 g/mol. The van der Waals surface area contributed by atoms with Crippen molar-refractivity contribution in [2.75, 3.05) is 13.1 Å². The number of benzene rings is 1. The maximum Gasteiger partial charge on any atom is 0.255 e. The largest absolute Gasteiger partial charge is 0.334 e. The second kappa shape index (κ2) is 6.67. The highest BCUT2D eigenvalue weighted by atomic mass is 79.9. The summed E-state index contributed by atoms with van der Waals surface area (Å²) < 4.78 is 0.900. The molecule has 0 saturated carbocycles. The van der Waals surface area contributed by atoms with Crippen molar-refractivity contribution in [1.29, 1.82) is 0 Å². The van der Waals surface area contributed by atoms with Crippen molar-refractivity contribution >= 4 is 33.4 Å². The topological polar surface area (TPSA) is 32.3 Å². The van der Waals surface area contributed by atoms with Crippen LogP contribution in [0.25, 0.3) is 0 Å². The van der Waals surface area contributed by atoms with Crippen LogP contribution in [0.4, 0.5) is 0 Å². The Labute approximate surface area is 139 Å². The van der Waals surface area contributed by atoms with Crippen LogP contribution < -0.4 is 5.32 Å². The van der Waals surface area contributed by atoms with Gasteiger partial charge in [-0.05, 0) is 56.8 Å². The van der Waals surface area contributed by atoms with Gasteiger partial charge in [-0.25, -0.2) is 0 Å². The van der Waals surface area contributed by atoms with Crippen LogP contribution in [-0.2, 0) is 0 Å². The first-order chi connectivity index (χ1) is 10.2. The van der Waals surface area contributed by atoms with Crippen molar-refractivity contribution < 1.29 is 4.79 Å². The van der Waals surface area contributed by atoms with E-state index in [4.69, 9.17) is 11.6 Å². The van der Waals surface area contributed by atoms with Crippen LogP contribution in [0.2, 0.25) is 5.02 Å². The maximum absolute atomic E-state index is 12.9. The molecule has 2 atom stereocenters. The number of nitrogens with zero attached hydrogens (tertiary/aromatic N) is 1. The standard InChI is InChI=1S/C16H20BrClN2O/c17-11-6-7-12(13(18)10-11)16(21)20-9-2-1-5-15(20)14-4-3-8-19-14/h6-7,10,14-15,19H,1-5,8-9H2. The third-order valence-corrected chi connectivity index (χ3v) is 5.34. The van der Waals surface area contributed by atoms with Crippen molar-refractivity contribution in [3.63, 3.8) is 0 Å². The number of likely N-dealkylation sites (tertiary alicyclic amines) is 1. The van der Waals surface area contributed by atoms with Crippen molar-refractivity contribution in [1.82, 2.24) is 10.2 Å². The summed E-state index contributed by atoms with van der Waals surface area (Å²) in [4.78, 5) is 14.9. The molecular formula is C16H20BrClN2O. The first kappa shape index (κ1) is 15.3. The van der Waals surface area contributed by atoms with Gasteiger partial charge in [-0.3, -0.25) is 4.79 Å². The SMILES string of the molecule is O=C(c1ccc(Br)cc1Cl)N1CCCCC1C1CCCN1. The average molecular weight is 372 g/mol. The third-order valence-electron chi connectivity index (χ3n) is 4.53. The van der Waals surface area contributed by atoms with Gasteiger partial charge in [0.1, 0.15) is 0 Å². The average Bonchev–Trinajstić information content (AvgIpc) is 3.01. The minimum absolute atomic E-state index is 0.0749. The number of carbonyl (C=O) groups excluding carboxylic acids is 1. The first-order valence-corrected chi connectivity index (χ1v) is 8.83. The fourth-order valence-electron chi connectivity index (χ4n) is 3.49. The number of piperidine rings is 1. The number of rotatable bonds is 2.